The van der Waals surface area contributed by atoms with Crippen molar-refractivity contribution in [1.82, 2.24) is 19.5 Å². The molecule has 3 rings (SSSR count). The molecule has 0 bridgehead atoms. The minimum Gasteiger partial charge on any atom is -0.321 e. The molecule has 108 valence electrons. The number of benzene rings is 1. The maximum atomic E-state index is 13.7. The maximum Gasteiger partial charge on any atom is 0.139 e. The smallest absolute Gasteiger partial charge is 0.139 e. The Balaban J connectivity index is 2.18. The second kappa shape index (κ2) is 5.69. The third-order valence-electron chi connectivity index (χ3n) is 3.14. The second-order valence-corrected chi connectivity index (χ2v) is 6.14. The van der Waals surface area contributed by atoms with E-state index in [9.17, 15) is 4.39 Å². The van der Waals surface area contributed by atoms with Crippen LogP contribution in [0.3, 0.4) is 0 Å². The molecule has 0 amide bonds. The van der Waals surface area contributed by atoms with E-state index in [0.29, 0.717) is 22.4 Å². The van der Waals surface area contributed by atoms with Gasteiger partial charge in [0.1, 0.15) is 18.0 Å². The van der Waals surface area contributed by atoms with Gasteiger partial charge in [-0.3, -0.25) is 0 Å². The second-order valence-electron chi connectivity index (χ2n) is 4.63. The van der Waals surface area contributed by atoms with Crippen molar-refractivity contribution >= 4 is 38.6 Å². The Bertz CT molecular complexity index is 789. The van der Waals surface area contributed by atoms with Crippen LogP contribution >= 0.6 is 27.5 Å². The molecule has 0 saturated heterocycles. The summed E-state index contributed by atoms with van der Waals surface area (Å²) in [6.07, 6.45) is 3.18. The topological polar surface area (TPSA) is 43.6 Å². The molecule has 0 radical (unpaired) electrons. The van der Waals surface area contributed by atoms with E-state index in [2.05, 4.69) is 30.9 Å². The molecule has 0 N–H and O–H groups in total. The fourth-order valence-electron chi connectivity index (χ4n) is 2.18. The molecule has 2 heterocycles. The summed E-state index contributed by atoms with van der Waals surface area (Å²) in [4.78, 5) is 12.6. The van der Waals surface area contributed by atoms with Crippen LogP contribution in [-0.4, -0.2) is 19.5 Å². The van der Waals surface area contributed by atoms with Crippen LogP contribution in [0.5, 0.6) is 0 Å². The lowest BCUT2D eigenvalue weighted by molar-refractivity contribution is 0.622. The van der Waals surface area contributed by atoms with Crippen LogP contribution in [0.1, 0.15) is 23.8 Å². The molecule has 1 unspecified atom stereocenters. The molecule has 21 heavy (non-hydrogen) atoms. The Morgan fingerprint density at radius 2 is 2.24 bits per heavy atom. The highest BCUT2D eigenvalue weighted by Gasteiger charge is 2.17. The highest BCUT2D eigenvalue weighted by Crippen LogP contribution is 2.28. The normalized spacial score (nSPS) is 12.8. The van der Waals surface area contributed by atoms with Crippen molar-refractivity contribution in [2.45, 2.75) is 18.8 Å². The Hall–Kier alpha value is -1.53. The predicted molar refractivity (Wildman–Crippen MR) is 82.8 cm³/mol. The first kappa shape index (κ1) is 14.4. The van der Waals surface area contributed by atoms with Crippen LogP contribution in [0.25, 0.3) is 11.0 Å². The summed E-state index contributed by atoms with van der Waals surface area (Å²) in [5.74, 6) is 0.339. The number of hydrogen-bond donors (Lipinski definition) is 0. The molecule has 0 saturated carbocycles. The zero-order chi connectivity index (χ0) is 15.0. The molecule has 3 aromatic rings. The maximum absolute atomic E-state index is 13.7. The van der Waals surface area contributed by atoms with Gasteiger partial charge in [-0.05, 0) is 35.0 Å². The first-order valence-corrected chi connectivity index (χ1v) is 7.53. The van der Waals surface area contributed by atoms with E-state index < -0.39 is 0 Å². The summed E-state index contributed by atoms with van der Waals surface area (Å²) in [7, 11) is 0. The van der Waals surface area contributed by atoms with Gasteiger partial charge in [0.05, 0.1) is 33.1 Å². The molecule has 0 fully saturated rings. The number of alkyl halides is 1. The highest BCUT2D eigenvalue weighted by atomic mass is 79.9. The summed E-state index contributed by atoms with van der Waals surface area (Å²) < 4.78 is 16.0. The number of imidazole rings is 1. The number of aromatic nitrogens is 4. The van der Waals surface area contributed by atoms with Gasteiger partial charge in [0.2, 0.25) is 0 Å². The molecule has 0 aliphatic heterocycles. The van der Waals surface area contributed by atoms with Crippen LogP contribution < -0.4 is 0 Å². The van der Waals surface area contributed by atoms with Crippen LogP contribution in [0.4, 0.5) is 4.39 Å². The standard InChI is InChI=1S/C14H11BrClFN4/c1-8(16)14-20-12-5-11(17)10(15)4-13(12)21(14)6-9-2-3-18-7-19-9/h2-5,7-8H,6H2,1H3. The highest BCUT2D eigenvalue weighted by molar-refractivity contribution is 9.10. The first-order chi connectivity index (χ1) is 10.1. The Kier molecular flexibility index (Phi) is 3.91. The summed E-state index contributed by atoms with van der Waals surface area (Å²) in [6, 6.07) is 4.94. The summed E-state index contributed by atoms with van der Waals surface area (Å²) >= 11 is 9.41. The van der Waals surface area contributed by atoms with Crippen molar-refractivity contribution in [2.75, 3.05) is 0 Å². The van der Waals surface area contributed by atoms with Crippen LogP contribution in [-0.2, 0) is 6.54 Å². The molecule has 0 aliphatic rings. The predicted octanol–water partition coefficient (Wildman–Crippen LogP) is 4.08. The van der Waals surface area contributed by atoms with Crippen molar-refractivity contribution in [3.8, 4) is 0 Å². The minimum absolute atomic E-state index is 0.291. The van der Waals surface area contributed by atoms with E-state index in [-0.39, 0.29) is 11.2 Å². The van der Waals surface area contributed by atoms with Gasteiger partial charge in [0, 0.05) is 12.3 Å². The van der Waals surface area contributed by atoms with Gasteiger partial charge in [0.15, 0.2) is 0 Å². The lowest BCUT2D eigenvalue weighted by Crippen LogP contribution is -2.07. The summed E-state index contributed by atoms with van der Waals surface area (Å²) in [6.45, 7) is 2.34. The molecular formula is C14H11BrClFN4. The van der Waals surface area contributed by atoms with Gasteiger partial charge in [-0.15, -0.1) is 11.6 Å². The summed E-state index contributed by atoms with van der Waals surface area (Å²) in [5.41, 5.74) is 2.22. The monoisotopic (exact) mass is 368 g/mol. The fraction of sp³-hybridized carbons (Fsp3) is 0.214. The lowest BCUT2D eigenvalue weighted by Gasteiger charge is -2.10. The number of fused-ring (bicyclic) bond motifs is 1. The van der Waals surface area contributed by atoms with Crippen LogP contribution in [0.2, 0.25) is 0 Å². The van der Waals surface area contributed by atoms with Crippen molar-refractivity contribution in [3.05, 3.63) is 52.5 Å². The Labute approximate surface area is 134 Å². The van der Waals surface area contributed by atoms with E-state index in [0.717, 1.165) is 11.2 Å². The molecule has 4 nitrogen and oxygen atoms in total. The van der Waals surface area contributed by atoms with Crippen molar-refractivity contribution in [2.24, 2.45) is 0 Å². The number of halogens is 3. The zero-order valence-electron chi connectivity index (χ0n) is 11.1. The van der Waals surface area contributed by atoms with Crippen molar-refractivity contribution in [1.29, 1.82) is 0 Å². The molecule has 7 heteroatoms. The molecule has 1 aromatic carbocycles. The van der Waals surface area contributed by atoms with Crippen LogP contribution in [0.15, 0.2) is 35.2 Å². The van der Waals surface area contributed by atoms with E-state index in [4.69, 9.17) is 11.6 Å². The van der Waals surface area contributed by atoms with Gasteiger partial charge in [0.25, 0.3) is 0 Å². The molecular weight excluding hydrogens is 359 g/mol. The fourth-order valence-corrected chi connectivity index (χ4v) is 2.68. The van der Waals surface area contributed by atoms with Gasteiger partial charge in [-0.1, -0.05) is 0 Å². The van der Waals surface area contributed by atoms with E-state index in [1.165, 1.54) is 12.4 Å². The number of nitrogens with zero attached hydrogens (tertiary/aromatic N) is 4. The number of hydrogen-bond acceptors (Lipinski definition) is 3. The largest absolute Gasteiger partial charge is 0.321 e. The van der Waals surface area contributed by atoms with Crippen molar-refractivity contribution in [3.63, 3.8) is 0 Å². The minimum atomic E-state index is -0.344. The molecule has 0 spiro atoms. The average Bonchev–Trinajstić information content (AvgIpc) is 2.79. The third-order valence-corrected chi connectivity index (χ3v) is 3.94. The van der Waals surface area contributed by atoms with E-state index >= 15 is 0 Å². The quantitative estimate of drug-likeness (QED) is 0.654. The third kappa shape index (κ3) is 2.78. The van der Waals surface area contributed by atoms with E-state index in [1.54, 1.807) is 12.3 Å². The van der Waals surface area contributed by atoms with Crippen molar-refractivity contribution < 1.29 is 4.39 Å². The lowest BCUT2D eigenvalue weighted by atomic mass is 10.3. The van der Waals surface area contributed by atoms with Crippen LogP contribution in [0, 0.1) is 5.82 Å². The Morgan fingerprint density at radius 3 is 2.90 bits per heavy atom. The van der Waals surface area contributed by atoms with Gasteiger partial charge >= 0.3 is 0 Å². The van der Waals surface area contributed by atoms with Gasteiger partial charge in [-0.25, -0.2) is 19.3 Å². The average molecular weight is 370 g/mol. The summed E-state index contributed by atoms with van der Waals surface area (Å²) in [5, 5.41) is -0.291. The van der Waals surface area contributed by atoms with Gasteiger partial charge < -0.3 is 4.57 Å². The molecule has 0 aliphatic carbocycles. The molecule has 2 aromatic heterocycles. The van der Waals surface area contributed by atoms with Gasteiger partial charge in [-0.2, -0.15) is 0 Å². The zero-order valence-corrected chi connectivity index (χ0v) is 13.4. The first-order valence-electron chi connectivity index (χ1n) is 6.30. The SMILES string of the molecule is CC(Cl)c1nc2cc(F)c(Br)cc2n1Cc1ccncn1. The van der Waals surface area contributed by atoms with E-state index in [1.807, 2.05) is 17.6 Å². The molecule has 1 atom stereocenters. The Morgan fingerprint density at radius 1 is 1.43 bits per heavy atom. The number of rotatable bonds is 3.